The summed E-state index contributed by atoms with van der Waals surface area (Å²) in [5, 5.41) is 0.976. The van der Waals surface area contributed by atoms with Gasteiger partial charge >= 0.3 is 20.8 Å². The van der Waals surface area contributed by atoms with Crippen LogP contribution in [0.2, 0.25) is 0 Å². The van der Waals surface area contributed by atoms with Crippen molar-refractivity contribution in [2.24, 2.45) is 5.73 Å². The van der Waals surface area contributed by atoms with Gasteiger partial charge in [-0.15, -0.1) is 0 Å². The number of carbonyl (C=O) groups is 1. The summed E-state index contributed by atoms with van der Waals surface area (Å²) in [6.45, 7) is 1.98. The van der Waals surface area contributed by atoms with Crippen LogP contribution in [0.15, 0.2) is 28.7 Å². The maximum absolute atomic E-state index is 11.1. The predicted octanol–water partition coefficient (Wildman–Crippen LogP) is 0.788. The number of hydrogen-bond donors (Lipinski definition) is 5. The van der Waals surface area contributed by atoms with E-state index < -0.39 is 26.7 Å². The third-order valence-electron chi connectivity index (χ3n) is 2.28. The lowest BCUT2D eigenvalue weighted by Gasteiger charge is -1.93. The SMILES string of the molecule is CCc1c(C(N)=O)oc2ccccc12.O=S(=O)(O)O.O=S(=O)(O)O. The van der Waals surface area contributed by atoms with Crippen molar-refractivity contribution >= 4 is 37.7 Å². The number of benzene rings is 1. The average molecular weight is 385 g/mol. The van der Waals surface area contributed by atoms with Crippen molar-refractivity contribution in [1.82, 2.24) is 0 Å². The number of primary amides is 1. The van der Waals surface area contributed by atoms with Crippen LogP contribution in [0.5, 0.6) is 0 Å². The largest absolute Gasteiger partial charge is 0.451 e. The molecule has 1 aromatic heterocycles. The molecule has 1 aromatic carbocycles. The molecule has 6 N–H and O–H groups in total. The molecule has 2 rings (SSSR count). The van der Waals surface area contributed by atoms with Crippen molar-refractivity contribution < 1.29 is 44.3 Å². The standard InChI is InChI=1S/C11H11NO2.2H2O4S/c1-2-7-8-5-3-4-6-9(8)14-10(7)11(12)13;2*1-5(2,3)4/h3-6H,2H2,1H3,(H2,12,13);2*(H2,1,2,3,4). The highest BCUT2D eigenvalue weighted by atomic mass is 32.3. The van der Waals surface area contributed by atoms with Crippen LogP contribution in [0.3, 0.4) is 0 Å². The van der Waals surface area contributed by atoms with Crippen LogP contribution in [-0.2, 0) is 27.2 Å². The minimum atomic E-state index is -4.67. The van der Waals surface area contributed by atoms with Crippen molar-refractivity contribution in [3.63, 3.8) is 0 Å². The molecule has 0 bridgehead atoms. The van der Waals surface area contributed by atoms with Gasteiger partial charge in [0.1, 0.15) is 5.58 Å². The molecule has 24 heavy (non-hydrogen) atoms. The third kappa shape index (κ3) is 9.88. The van der Waals surface area contributed by atoms with E-state index in [4.69, 9.17) is 45.2 Å². The van der Waals surface area contributed by atoms with Gasteiger partial charge in [0, 0.05) is 10.9 Å². The van der Waals surface area contributed by atoms with Gasteiger partial charge in [-0.2, -0.15) is 16.8 Å². The maximum Gasteiger partial charge on any atom is 0.394 e. The molecular formula is C11H15NO10S2. The van der Waals surface area contributed by atoms with E-state index in [1.165, 1.54) is 0 Å². The second-order valence-electron chi connectivity index (χ2n) is 4.02. The first-order valence-electron chi connectivity index (χ1n) is 5.94. The van der Waals surface area contributed by atoms with E-state index in [9.17, 15) is 4.79 Å². The van der Waals surface area contributed by atoms with Gasteiger partial charge in [-0.3, -0.25) is 23.0 Å². The molecule has 0 radical (unpaired) electrons. The van der Waals surface area contributed by atoms with Crippen LogP contribution in [0.4, 0.5) is 0 Å². The molecule has 0 unspecified atom stereocenters. The number of fused-ring (bicyclic) bond motifs is 1. The number of rotatable bonds is 2. The molecule has 13 heteroatoms. The quantitative estimate of drug-likeness (QED) is 0.459. The Bertz CT molecular complexity index is 852. The molecule has 0 saturated heterocycles. The fourth-order valence-electron chi connectivity index (χ4n) is 1.65. The van der Waals surface area contributed by atoms with Crippen molar-refractivity contribution in [1.29, 1.82) is 0 Å². The number of amides is 1. The molecule has 0 spiro atoms. The first-order chi connectivity index (χ1) is 10.7. The Kier molecular flexibility index (Phi) is 7.98. The fourth-order valence-corrected chi connectivity index (χ4v) is 1.65. The normalized spacial score (nSPS) is 11.0. The lowest BCUT2D eigenvalue weighted by atomic mass is 10.1. The lowest BCUT2D eigenvalue weighted by molar-refractivity contribution is 0.0974. The van der Waals surface area contributed by atoms with Crippen molar-refractivity contribution in [3.8, 4) is 0 Å². The van der Waals surface area contributed by atoms with Crippen molar-refractivity contribution in [3.05, 3.63) is 35.6 Å². The van der Waals surface area contributed by atoms with Crippen LogP contribution in [0, 0.1) is 0 Å². The van der Waals surface area contributed by atoms with Gasteiger partial charge in [-0.25, -0.2) is 0 Å². The Morgan fingerprint density at radius 3 is 1.83 bits per heavy atom. The van der Waals surface area contributed by atoms with E-state index in [0.717, 1.165) is 23.0 Å². The minimum Gasteiger partial charge on any atom is -0.451 e. The Morgan fingerprint density at radius 2 is 1.46 bits per heavy atom. The first-order valence-corrected chi connectivity index (χ1v) is 8.73. The van der Waals surface area contributed by atoms with Gasteiger partial charge in [0.25, 0.3) is 5.91 Å². The second-order valence-corrected chi connectivity index (χ2v) is 5.81. The molecule has 11 nitrogen and oxygen atoms in total. The summed E-state index contributed by atoms with van der Waals surface area (Å²) in [6, 6.07) is 7.56. The molecule has 0 aliphatic carbocycles. The topological polar surface area (TPSA) is 205 Å². The summed E-state index contributed by atoms with van der Waals surface area (Å²) < 4.78 is 68.5. The van der Waals surface area contributed by atoms with E-state index in [0.29, 0.717) is 0 Å². The van der Waals surface area contributed by atoms with Crippen molar-refractivity contribution in [2.75, 3.05) is 0 Å². The van der Waals surface area contributed by atoms with Crippen LogP contribution >= 0.6 is 0 Å². The zero-order valence-electron chi connectivity index (χ0n) is 12.1. The van der Waals surface area contributed by atoms with Gasteiger partial charge in [-0.1, -0.05) is 25.1 Å². The summed E-state index contributed by atoms with van der Waals surface area (Å²) in [6.07, 6.45) is 0.745. The highest BCUT2D eigenvalue weighted by Crippen LogP contribution is 2.25. The molecule has 0 aliphatic heterocycles. The second kappa shape index (κ2) is 8.72. The molecule has 0 aliphatic rings. The Balaban J connectivity index is 0.000000442. The van der Waals surface area contributed by atoms with Crippen molar-refractivity contribution in [2.45, 2.75) is 13.3 Å². The number of carbonyl (C=O) groups excluding carboxylic acids is 1. The molecule has 0 atom stereocenters. The number of furan rings is 1. The van der Waals surface area contributed by atoms with E-state index >= 15 is 0 Å². The third-order valence-corrected chi connectivity index (χ3v) is 2.28. The van der Waals surface area contributed by atoms with Gasteiger partial charge in [0.15, 0.2) is 5.76 Å². The Morgan fingerprint density at radius 1 is 1.04 bits per heavy atom. The number of hydrogen-bond acceptors (Lipinski definition) is 6. The van der Waals surface area contributed by atoms with Gasteiger partial charge < -0.3 is 10.2 Å². The molecule has 0 saturated carbocycles. The van der Waals surface area contributed by atoms with Gasteiger partial charge in [0.05, 0.1) is 0 Å². The summed E-state index contributed by atoms with van der Waals surface area (Å²) in [5.74, 6) is -0.216. The summed E-state index contributed by atoms with van der Waals surface area (Å²) in [4.78, 5) is 11.1. The average Bonchev–Trinajstić information content (AvgIpc) is 2.73. The number of nitrogens with two attached hydrogens (primary N) is 1. The summed E-state index contributed by atoms with van der Waals surface area (Å²) >= 11 is 0. The van der Waals surface area contributed by atoms with E-state index in [1.807, 2.05) is 31.2 Å². The predicted molar refractivity (Wildman–Crippen MR) is 82.5 cm³/mol. The monoisotopic (exact) mass is 385 g/mol. The Labute approximate surface area is 137 Å². The van der Waals surface area contributed by atoms with Gasteiger partial charge in [0.2, 0.25) is 0 Å². The number of aryl methyl sites for hydroxylation is 1. The maximum atomic E-state index is 11.1. The smallest absolute Gasteiger partial charge is 0.394 e. The van der Waals surface area contributed by atoms with Crippen LogP contribution in [-0.4, -0.2) is 41.0 Å². The van der Waals surface area contributed by atoms with Crippen LogP contribution in [0.1, 0.15) is 23.0 Å². The Hall–Kier alpha value is -2.03. The minimum absolute atomic E-state index is 0.286. The molecule has 1 heterocycles. The highest BCUT2D eigenvalue weighted by Gasteiger charge is 2.15. The first kappa shape index (κ1) is 22.0. The molecule has 136 valence electrons. The molecular weight excluding hydrogens is 370 g/mol. The highest BCUT2D eigenvalue weighted by molar-refractivity contribution is 7.80. The summed E-state index contributed by atoms with van der Waals surface area (Å²) in [5.41, 5.74) is 6.84. The lowest BCUT2D eigenvalue weighted by Crippen LogP contribution is -2.11. The van der Waals surface area contributed by atoms with E-state index in [1.54, 1.807) is 0 Å². The van der Waals surface area contributed by atoms with Gasteiger partial charge in [-0.05, 0) is 12.5 Å². The zero-order valence-corrected chi connectivity index (χ0v) is 13.8. The zero-order chi connectivity index (χ0) is 19.1. The van der Waals surface area contributed by atoms with E-state index in [-0.39, 0.29) is 5.76 Å². The fraction of sp³-hybridized carbons (Fsp3) is 0.182. The van der Waals surface area contributed by atoms with Crippen LogP contribution < -0.4 is 5.73 Å². The molecule has 1 amide bonds. The number of para-hydroxylation sites is 1. The van der Waals surface area contributed by atoms with E-state index in [2.05, 4.69) is 0 Å². The molecule has 0 fully saturated rings. The molecule has 2 aromatic rings. The summed E-state index contributed by atoms with van der Waals surface area (Å²) in [7, 11) is -9.33. The van der Waals surface area contributed by atoms with Crippen LogP contribution in [0.25, 0.3) is 11.0 Å².